The molecular weight excluding hydrogens is 102 g/mol. The van der Waals surface area contributed by atoms with Crippen LogP contribution < -0.4 is 5.32 Å². The van der Waals surface area contributed by atoms with E-state index in [1.807, 2.05) is 0 Å². The fourth-order valence-electron chi connectivity index (χ4n) is 1.54. The van der Waals surface area contributed by atoms with Gasteiger partial charge in [0.2, 0.25) is 0 Å². The molecular formula is C6H11NO. The molecule has 2 fully saturated rings. The summed E-state index contributed by atoms with van der Waals surface area (Å²) in [5, 5.41) is 12.4. The van der Waals surface area contributed by atoms with Crippen molar-refractivity contribution in [3.8, 4) is 0 Å². The predicted octanol–water partition coefficient (Wildman–Crippen LogP) is -0.269. The van der Waals surface area contributed by atoms with Gasteiger partial charge >= 0.3 is 0 Å². The number of nitrogens with one attached hydrogen (secondary N) is 1. The lowest BCUT2D eigenvalue weighted by Crippen LogP contribution is -2.65. The molecule has 8 heavy (non-hydrogen) atoms. The second-order valence-corrected chi connectivity index (χ2v) is 3.02. The predicted molar refractivity (Wildman–Crippen MR) is 30.5 cm³/mol. The number of aliphatic hydroxyl groups is 1. The molecule has 46 valence electrons. The van der Waals surface area contributed by atoms with Gasteiger partial charge in [0.25, 0.3) is 0 Å². The van der Waals surface area contributed by atoms with Gasteiger partial charge in [0, 0.05) is 18.5 Å². The molecule has 1 saturated heterocycles. The topological polar surface area (TPSA) is 32.3 Å². The molecule has 2 rings (SSSR count). The van der Waals surface area contributed by atoms with Gasteiger partial charge in [0.05, 0.1) is 6.10 Å². The smallest absolute Gasteiger partial charge is 0.0621 e. The summed E-state index contributed by atoms with van der Waals surface area (Å²) in [6.07, 6.45) is 2.28. The van der Waals surface area contributed by atoms with E-state index in [4.69, 9.17) is 0 Å². The molecule has 2 N–H and O–H groups in total. The summed E-state index contributed by atoms with van der Waals surface area (Å²) in [5.41, 5.74) is 0.347. The van der Waals surface area contributed by atoms with E-state index in [1.165, 1.54) is 6.42 Å². The van der Waals surface area contributed by atoms with Crippen LogP contribution in [0, 0.1) is 5.41 Å². The van der Waals surface area contributed by atoms with Crippen molar-refractivity contribution in [2.75, 3.05) is 13.1 Å². The van der Waals surface area contributed by atoms with E-state index in [9.17, 15) is 5.11 Å². The van der Waals surface area contributed by atoms with Crippen LogP contribution in [0.25, 0.3) is 0 Å². The normalized spacial score (nSPS) is 40.9. The zero-order valence-corrected chi connectivity index (χ0v) is 4.85. The maximum absolute atomic E-state index is 9.18. The molecule has 0 aromatic heterocycles. The van der Waals surface area contributed by atoms with E-state index in [-0.39, 0.29) is 6.10 Å². The third-order valence-electron chi connectivity index (χ3n) is 2.58. The second kappa shape index (κ2) is 1.25. The first-order valence-corrected chi connectivity index (χ1v) is 3.22. The first-order valence-electron chi connectivity index (χ1n) is 3.22. The molecule has 1 saturated carbocycles. The molecule has 1 spiro atoms. The Bertz CT molecular complexity index is 104. The van der Waals surface area contributed by atoms with E-state index >= 15 is 0 Å². The van der Waals surface area contributed by atoms with Gasteiger partial charge in [0.1, 0.15) is 0 Å². The van der Waals surface area contributed by atoms with E-state index < -0.39 is 0 Å². The maximum Gasteiger partial charge on any atom is 0.0621 e. The molecule has 1 aliphatic heterocycles. The molecule has 2 nitrogen and oxygen atoms in total. The largest absolute Gasteiger partial charge is 0.392 e. The lowest BCUT2D eigenvalue weighted by Gasteiger charge is -2.53. The van der Waals surface area contributed by atoms with Gasteiger partial charge in [-0.25, -0.2) is 0 Å². The van der Waals surface area contributed by atoms with Gasteiger partial charge < -0.3 is 10.4 Å². The Balaban J connectivity index is 2.03. The number of rotatable bonds is 0. The Labute approximate surface area is 48.9 Å². The summed E-state index contributed by atoms with van der Waals surface area (Å²) >= 11 is 0. The molecule has 0 radical (unpaired) electrons. The Kier molecular flexibility index (Phi) is 0.746. The maximum atomic E-state index is 9.18. The number of hydrogen-bond donors (Lipinski definition) is 2. The van der Waals surface area contributed by atoms with Crippen LogP contribution in [-0.2, 0) is 0 Å². The van der Waals surface area contributed by atoms with Crippen molar-refractivity contribution in [1.29, 1.82) is 0 Å². The lowest BCUT2D eigenvalue weighted by molar-refractivity contribution is -0.0967. The Morgan fingerprint density at radius 1 is 1.50 bits per heavy atom. The van der Waals surface area contributed by atoms with Crippen molar-refractivity contribution in [2.24, 2.45) is 5.41 Å². The molecule has 1 heterocycles. The van der Waals surface area contributed by atoms with E-state index in [0.717, 1.165) is 19.5 Å². The average molecular weight is 113 g/mol. The van der Waals surface area contributed by atoms with Crippen LogP contribution in [0.15, 0.2) is 0 Å². The quantitative estimate of drug-likeness (QED) is 0.453. The van der Waals surface area contributed by atoms with Crippen LogP contribution in [0.1, 0.15) is 12.8 Å². The van der Waals surface area contributed by atoms with E-state index in [0.29, 0.717) is 5.41 Å². The zero-order valence-electron chi connectivity index (χ0n) is 4.85. The fourth-order valence-corrected chi connectivity index (χ4v) is 1.54. The highest BCUT2D eigenvalue weighted by molar-refractivity contribution is 5.04. The first-order chi connectivity index (χ1) is 3.83. The van der Waals surface area contributed by atoms with Crippen molar-refractivity contribution >= 4 is 0 Å². The van der Waals surface area contributed by atoms with E-state index in [1.54, 1.807) is 0 Å². The van der Waals surface area contributed by atoms with Gasteiger partial charge in [-0.05, 0) is 12.8 Å². The lowest BCUT2D eigenvalue weighted by atomic mass is 9.62. The average Bonchev–Trinajstić information content (AvgIpc) is 1.58. The summed E-state index contributed by atoms with van der Waals surface area (Å²) in [6, 6.07) is 0. The van der Waals surface area contributed by atoms with Crippen molar-refractivity contribution in [3.05, 3.63) is 0 Å². The first kappa shape index (κ1) is 4.77. The third kappa shape index (κ3) is 0.361. The van der Waals surface area contributed by atoms with Crippen LogP contribution in [0.4, 0.5) is 0 Å². The van der Waals surface area contributed by atoms with Gasteiger partial charge in [-0.3, -0.25) is 0 Å². The summed E-state index contributed by atoms with van der Waals surface area (Å²) in [5.74, 6) is 0. The van der Waals surface area contributed by atoms with Gasteiger partial charge in [-0.2, -0.15) is 0 Å². The Hall–Kier alpha value is -0.0800. The van der Waals surface area contributed by atoms with Crippen LogP contribution in [0.2, 0.25) is 0 Å². The molecule has 1 atom stereocenters. The Morgan fingerprint density at radius 3 is 2.25 bits per heavy atom. The van der Waals surface area contributed by atoms with E-state index in [2.05, 4.69) is 5.32 Å². The van der Waals surface area contributed by atoms with Gasteiger partial charge in [-0.15, -0.1) is 0 Å². The fraction of sp³-hybridized carbons (Fsp3) is 1.00. The Morgan fingerprint density at radius 2 is 2.25 bits per heavy atom. The number of aliphatic hydroxyl groups excluding tert-OH is 1. The summed E-state index contributed by atoms with van der Waals surface area (Å²) < 4.78 is 0. The molecule has 0 unspecified atom stereocenters. The van der Waals surface area contributed by atoms with Crippen LogP contribution >= 0.6 is 0 Å². The number of hydrogen-bond acceptors (Lipinski definition) is 2. The summed E-state index contributed by atoms with van der Waals surface area (Å²) in [7, 11) is 0. The highest BCUT2D eigenvalue weighted by Crippen LogP contribution is 2.43. The van der Waals surface area contributed by atoms with Crippen LogP contribution in [0.3, 0.4) is 0 Å². The monoisotopic (exact) mass is 113 g/mol. The second-order valence-electron chi connectivity index (χ2n) is 3.02. The van der Waals surface area contributed by atoms with Crippen molar-refractivity contribution < 1.29 is 5.11 Å². The summed E-state index contributed by atoms with van der Waals surface area (Å²) in [6.45, 7) is 2.10. The van der Waals surface area contributed by atoms with Crippen LogP contribution in [0.5, 0.6) is 0 Å². The minimum Gasteiger partial charge on any atom is -0.392 e. The third-order valence-corrected chi connectivity index (χ3v) is 2.58. The molecule has 2 aliphatic rings. The van der Waals surface area contributed by atoms with Gasteiger partial charge in [0.15, 0.2) is 0 Å². The molecule has 0 aromatic carbocycles. The van der Waals surface area contributed by atoms with Gasteiger partial charge in [-0.1, -0.05) is 0 Å². The van der Waals surface area contributed by atoms with Crippen molar-refractivity contribution in [3.63, 3.8) is 0 Å². The zero-order chi connectivity index (χ0) is 5.61. The molecule has 0 aromatic rings. The SMILES string of the molecule is O[C@@H]1CCC12CNC2. The molecule has 0 amide bonds. The van der Waals surface area contributed by atoms with Crippen molar-refractivity contribution in [1.82, 2.24) is 5.32 Å². The highest BCUT2D eigenvalue weighted by atomic mass is 16.3. The molecule has 1 aliphatic carbocycles. The van der Waals surface area contributed by atoms with Crippen LogP contribution in [-0.4, -0.2) is 24.3 Å². The summed E-state index contributed by atoms with van der Waals surface area (Å²) in [4.78, 5) is 0. The molecule has 2 heteroatoms. The standard InChI is InChI=1S/C6H11NO/c8-5-1-2-6(5)3-7-4-6/h5,7-8H,1-4H2/t5-/m1/s1. The minimum absolute atomic E-state index is 0.0174. The minimum atomic E-state index is 0.0174. The molecule has 0 bridgehead atoms. The highest BCUT2D eigenvalue weighted by Gasteiger charge is 2.49. The van der Waals surface area contributed by atoms with Crippen molar-refractivity contribution in [2.45, 2.75) is 18.9 Å².